The Morgan fingerprint density at radius 1 is 1.35 bits per heavy atom. The summed E-state index contributed by atoms with van der Waals surface area (Å²) in [6.07, 6.45) is -4.65. The summed E-state index contributed by atoms with van der Waals surface area (Å²) >= 11 is 0. The van der Waals surface area contributed by atoms with E-state index in [0.29, 0.717) is 5.56 Å². The Hall–Kier alpha value is -1.11. The molecule has 0 bridgehead atoms. The normalized spacial score (nSPS) is 29.5. The first kappa shape index (κ1) is 12.3. The molecular formula is C11H12F3NO2. The maximum absolute atomic E-state index is 12.8. The van der Waals surface area contributed by atoms with Crippen molar-refractivity contribution >= 4 is 0 Å². The minimum atomic E-state index is -4.65. The van der Waals surface area contributed by atoms with Gasteiger partial charge in [-0.15, -0.1) is 0 Å². The maximum atomic E-state index is 12.8. The van der Waals surface area contributed by atoms with Crippen molar-refractivity contribution in [2.45, 2.75) is 17.9 Å². The number of hydrogen-bond donors (Lipinski definition) is 2. The lowest BCUT2D eigenvalue weighted by atomic mass is 10.1. The van der Waals surface area contributed by atoms with Crippen LogP contribution in [0, 0.1) is 0 Å². The molecule has 94 valence electrons. The summed E-state index contributed by atoms with van der Waals surface area (Å²) in [7, 11) is 0. The number of ether oxygens (including phenoxy) is 1. The number of halogens is 3. The van der Waals surface area contributed by atoms with Crippen LogP contribution in [0.3, 0.4) is 0 Å². The van der Waals surface area contributed by atoms with E-state index in [-0.39, 0.29) is 6.61 Å². The minimum Gasteiger partial charge on any atom is -0.392 e. The zero-order valence-corrected chi connectivity index (χ0v) is 8.87. The third kappa shape index (κ3) is 2.15. The highest BCUT2D eigenvalue weighted by molar-refractivity contribution is 5.20. The van der Waals surface area contributed by atoms with E-state index in [9.17, 15) is 13.2 Å². The molecule has 0 radical (unpaired) electrons. The second-order valence-electron chi connectivity index (χ2n) is 3.90. The average Bonchev–Trinajstić information content (AvgIpc) is 2.75. The molecule has 6 heteroatoms. The number of nitrogens with one attached hydrogen (secondary N) is 1. The predicted octanol–water partition coefficient (Wildman–Crippen LogP) is 1.60. The van der Waals surface area contributed by atoms with Gasteiger partial charge in [0.05, 0.1) is 19.3 Å². The van der Waals surface area contributed by atoms with Gasteiger partial charge in [0.1, 0.15) is 0 Å². The molecule has 1 fully saturated rings. The van der Waals surface area contributed by atoms with E-state index in [4.69, 9.17) is 9.84 Å². The highest BCUT2D eigenvalue weighted by atomic mass is 19.4. The topological polar surface area (TPSA) is 41.5 Å². The molecule has 0 aromatic heterocycles. The van der Waals surface area contributed by atoms with Crippen molar-refractivity contribution in [3.8, 4) is 0 Å². The van der Waals surface area contributed by atoms with Gasteiger partial charge in [-0.1, -0.05) is 30.3 Å². The van der Waals surface area contributed by atoms with E-state index in [0.717, 1.165) is 0 Å². The van der Waals surface area contributed by atoms with Crippen LogP contribution >= 0.6 is 0 Å². The fourth-order valence-electron chi connectivity index (χ4n) is 1.80. The first-order valence-corrected chi connectivity index (χ1v) is 5.13. The Kier molecular flexibility index (Phi) is 3.11. The summed E-state index contributed by atoms with van der Waals surface area (Å²) in [6.45, 7) is -1.26. The lowest BCUT2D eigenvalue weighted by Gasteiger charge is -2.29. The van der Waals surface area contributed by atoms with Crippen LogP contribution in [0.25, 0.3) is 0 Å². The summed E-state index contributed by atoms with van der Waals surface area (Å²) in [6, 6.07) is 8.12. The molecule has 0 spiro atoms. The van der Waals surface area contributed by atoms with Gasteiger partial charge in [0, 0.05) is 0 Å². The average molecular weight is 247 g/mol. The Morgan fingerprint density at radius 2 is 2.00 bits per heavy atom. The zero-order valence-electron chi connectivity index (χ0n) is 8.87. The number of benzene rings is 1. The van der Waals surface area contributed by atoms with Crippen LogP contribution < -0.4 is 5.32 Å². The molecule has 0 aliphatic carbocycles. The zero-order chi connectivity index (χ0) is 12.5. The second-order valence-corrected chi connectivity index (χ2v) is 3.90. The van der Waals surface area contributed by atoms with Gasteiger partial charge >= 0.3 is 6.18 Å². The molecule has 2 atom stereocenters. The predicted molar refractivity (Wildman–Crippen MR) is 54.1 cm³/mol. The molecule has 1 aliphatic heterocycles. The number of aliphatic hydroxyl groups excluding tert-OH is 1. The molecule has 0 amide bonds. The van der Waals surface area contributed by atoms with Gasteiger partial charge in [-0.3, -0.25) is 5.32 Å². The van der Waals surface area contributed by atoms with Gasteiger partial charge in [-0.25, -0.2) is 0 Å². The molecule has 0 saturated carbocycles. The molecule has 2 rings (SSSR count). The summed E-state index contributed by atoms with van der Waals surface area (Å²) in [4.78, 5) is 0. The Bertz CT molecular complexity index is 382. The van der Waals surface area contributed by atoms with Crippen molar-refractivity contribution in [2.24, 2.45) is 0 Å². The number of hydrogen-bond acceptors (Lipinski definition) is 3. The molecular weight excluding hydrogens is 235 g/mol. The number of rotatable bonds is 2. The lowest BCUT2D eigenvalue weighted by molar-refractivity contribution is -0.281. The van der Waals surface area contributed by atoms with E-state index >= 15 is 0 Å². The Morgan fingerprint density at radius 3 is 2.47 bits per heavy atom. The van der Waals surface area contributed by atoms with Crippen LogP contribution in [0.5, 0.6) is 0 Å². The van der Waals surface area contributed by atoms with Crippen LogP contribution in [0.15, 0.2) is 30.3 Å². The largest absolute Gasteiger partial charge is 0.433 e. The highest BCUT2D eigenvalue weighted by Gasteiger charge is 2.60. The van der Waals surface area contributed by atoms with Crippen molar-refractivity contribution in [1.82, 2.24) is 5.32 Å². The van der Waals surface area contributed by atoms with Crippen LogP contribution in [0.1, 0.15) is 11.6 Å². The summed E-state index contributed by atoms with van der Waals surface area (Å²) in [5, 5.41) is 11.2. The van der Waals surface area contributed by atoms with Crippen LogP contribution in [0.2, 0.25) is 0 Å². The molecule has 2 N–H and O–H groups in total. The van der Waals surface area contributed by atoms with Crippen molar-refractivity contribution in [2.75, 3.05) is 13.2 Å². The van der Waals surface area contributed by atoms with Crippen molar-refractivity contribution in [3.63, 3.8) is 0 Å². The van der Waals surface area contributed by atoms with Crippen molar-refractivity contribution < 1.29 is 23.0 Å². The van der Waals surface area contributed by atoms with Gasteiger partial charge in [0.2, 0.25) is 5.72 Å². The molecule has 3 nitrogen and oxygen atoms in total. The van der Waals surface area contributed by atoms with Crippen LogP contribution in [-0.4, -0.2) is 30.2 Å². The standard InChI is InChI=1S/C11H12F3NO2/c12-11(13,14)10(7-16)15-9(6-17-10)8-4-2-1-3-5-8/h1-5,9,15-16H,6-7H2/t9-,10?/m1/s1. The first-order chi connectivity index (χ1) is 7.98. The van der Waals surface area contributed by atoms with Gasteiger partial charge in [-0.2, -0.15) is 13.2 Å². The minimum absolute atomic E-state index is 0.121. The van der Waals surface area contributed by atoms with Crippen molar-refractivity contribution in [3.05, 3.63) is 35.9 Å². The Balaban J connectivity index is 2.19. The molecule has 1 heterocycles. The summed E-state index contributed by atoms with van der Waals surface area (Å²) < 4.78 is 43.0. The van der Waals surface area contributed by atoms with E-state index in [2.05, 4.69) is 5.32 Å². The molecule has 1 aromatic carbocycles. The lowest BCUT2D eigenvalue weighted by Crippen LogP contribution is -2.57. The summed E-state index contributed by atoms with van der Waals surface area (Å²) in [5.74, 6) is 0. The molecule has 1 aromatic rings. The van der Waals surface area contributed by atoms with Crippen LogP contribution in [-0.2, 0) is 4.74 Å². The van der Waals surface area contributed by atoms with Crippen molar-refractivity contribution in [1.29, 1.82) is 0 Å². The SMILES string of the molecule is OCC1(C(F)(F)F)N[C@@H](c2ccccc2)CO1. The molecule has 1 saturated heterocycles. The fraction of sp³-hybridized carbons (Fsp3) is 0.455. The number of alkyl halides is 3. The smallest absolute Gasteiger partial charge is 0.392 e. The quantitative estimate of drug-likeness (QED) is 0.834. The van der Waals surface area contributed by atoms with Gasteiger partial charge in [0.15, 0.2) is 0 Å². The molecule has 1 aliphatic rings. The highest BCUT2D eigenvalue weighted by Crippen LogP contribution is 2.38. The van der Waals surface area contributed by atoms with E-state index in [1.54, 1.807) is 30.3 Å². The fourth-order valence-corrected chi connectivity index (χ4v) is 1.80. The van der Waals surface area contributed by atoms with Gasteiger partial charge < -0.3 is 9.84 Å². The van der Waals surface area contributed by atoms with E-state index < -0.39 is 24.6 Å². The van der Waals surface area contributed by atoms with Gasteiger partial charge in [-0.05, 0) is 5.56 Å². The molecule has 17 heavy (non-hydrogen) atoms. The number of aliphatic hydroxyl groups is 1. The third-order valence-corrected chi connectivity index (χ3v) is 2.79. The summed E-state index contributed by atoms with van der Waals surface area (Å²) in [5.41, 5.74) is -1.94. The van der Waals surface area contributed by atoms with E-state index in [1.807, 2.05) is 0 Å². The van der Waals surface area contributed by atoms with E-state index in [1.165, 1.54) is 0 Å². The Labute approximate surface area is 96.2 Å². The second kappa shape index (κ2) is 4.29. The third-order valence-electron chi connectivity index (χ3n) is 2.79. The van der Waals surface area contributed by atoms with Gasteiger partial charge in [0.25, 0.3) is 0 Å². The maximum Gasteiger partial charge on any atom is 0.433 e. The van der Waals surface area contributed by atoms with Crippen LogP contribution in [0.4, 0.5) is 13.2 Å². The monoisotopic (exact) mass is 247 g/mol. The first-order valence-electron chi connectivity index (χ1n) is 5.13. The molecule has 1 unspecified atom stereocenters.